The summed E-state index contributed by atoms with van der Waals surface area (Å²) in [6.07, 6.45) is 1.81. The van der Waals surface area contributed by atoms with E-state index in [4.69, 9.17) is 9.15 Å². The minimum absolute atomic E-state index is 0.0408. The zero-order valence-electron chi connectivity index (χ0n) is 17.0. The zero-order valence-corrected chi connectivity index (χ0v) is 17.8. The second kappa shape index (κ2) is 8.12. The normalized spacial score (nSPS) is 15.5. The molecule has 158 valence electrons. The molecule has 0 unspecified atom stereocenters. The average molecular weight is 429 g/mol. The molecule has 1 aliphatic rings. The van der Waals surface area contributed by atoms with Gasteiger partial charge in [0.25, 0.3) is 0 Å². The molecular weight excluding hydrogens is 404 g/mol. The molecule has 1 amide bonds. The molecule has 30 heavy (non-hydrogen) atoms. The SMILES string of the molecule is COc1ccc2c(CC(=O)N3CCN(S(=O)(=O)c4ccc(C)cc4)CC3)coc2c1. The van der Waals surface area contributed by atoms with Crippen LogP contribution in [0.2, 0.25) is 0 Å². The van der Waals surface area contributed by atoms with Gasteiger partial charge in [0.2, 0.25) is 15.9 Å². The predicted molar refractivity (Wildman–Crippen MR) is 113 cm³/mol. The molecule has 2 heterocycles. The van der Waals surface area contributed by atoms with Gasteiger partial charge in [-0.1, -0.05) is 17.7 Å². The number of hydrogen-bond donors (Lipinski definition) is 0. The van der Waals surface area contributed by atoms with Crippen molar-refractivity contribution in [3.05, 3.63) is 59.9 Å². The summed E-state index contributed by atoms with van der Waals surface area (Å²) >= 11 is 0. The van der Waals surface area contributed by atoms with E-state index < -0.39 is 10.0 Å². The molecule has 0 radical (unpaired) electrons. The van der Waals surface area contributed by atoms with E-state index in [1.165, 1.54) is 4.31 Å². The molecule has 2 aromatic carbocycles. The fourth-order valence-corrected chi connectivity index (χ4v) is 5.06. The Morgan fingerprint density at radius 1 is 1.07 bits per heavy atom. The maximum Gasteiger partial charge on any atom is 0.243 e. The lowest BCUT2D eigenvalue weighted by Crippen LogP contribution is -2.50. The Bertz CT molecular complexity index is 1160. The van der Waals surface area contributed by atoms with Gasteiger partial charge in [-0.05, 0) is 31.2 Å². The first-order chi connectivity index (χ1) is 14.4. The van der Waals surface area contributed by atoms with Crippen molar-refractivity contribution in [1.82, 2.24) is 9.21 Å². The molecule has 0 atom stereocenters. The molecule has 1 aliphatic heterocycles. The molecule has 1 fully saturated rings. The van der Waals surface area contributed by atoms with Gasteiger partial charge >= 0.3 is 0 Å². The standard InChI is InChI=1S/C22H24N2O5S/c1-16-3-6-19(7-4-16)30(26,27)24-11-9-23(10-12-24)22(25)13-17-15-29-21-14-18(28-2)5-8-20(17)21/h3-8,14-15H,9-13H2,1-2H3. The Balaban J connectivity index is 1.40. The zero-order chi connectivity index (χ0) is 21.3. The fourth-order valence-electron chi connectivity index (χ4n) is 3.64. The van der Waals surface area contributed by atoms with Crippen LogP contribution in [-0.4, -0.2) is 56.8 Å². The van der Waals surface area contributed by atoms with E-state index in [9.17, 15) is 13.2 Å². The third-order valence-electron chi connectivity index (χ3n) is 5.45. The Labute approximate surface area is 175 Å². The van der Waals surface area contributed by atoms with Gasteiger partial charge in [-0.2, -0.15) is 4.31 Å². The van der Waals surface area contributed by atoms with Crippen LogP contribution in [0.4, 0.5) is 0 Å². The molecule has 4 rings (SSSR count). The van der Waals surface area contributed by atoms with Gasteiger partial charge < -0.3 is 14.1 Å². The van der Waals surface area contributed by atoms with Crippen LogP contribution in [0, 0.1) is 6.92 Å². The molecular formula is C22H24N2O5S. The summed E-state index contributed by atoms with van der Waals surface area (Å²) < 4.78 is 37.9. The van der Waals surface area contributed by atoms with Gasteiger partial charge in [-0.15, -0.1) is 0 Å². The van der Waals surface area contributed by atoms with Crippen molar-refractivity contribution in [3.63, 3.8) is 0 Å². The number of benzene rings is 2. The number of aryl methyl sites for hydroxylation is 1. The van der Waals surface area contributed by atoms with Gasteiger partial charge in [0.05, 0.1) is 24.7 Å². The summed E-state index contributed by atoms with van der Waals surface area (Å²) in [6, 6.07) is 12.3. The van der Waals surface area contributed by atoms with Crippen LogP contribution in [0.3, 0.4) is 0 Å². The van der Waals surface area contributed by atoms with Crippen LogP contribution in [0.5, 0.6) is 5.75 Å². The van der Waals surface area contributed by atoms with E-state index in [1.807, 2.05) is 19.1 Å². The van der Waals surface area contributed by atoms with Gasteiger partial charge in [0, 0.05) is 43.2 Å². The first kappa shape index (κ1) is 20.4. The third kappa shape index (κ3) is 3.93. The molecule has 0 aliphatic carbocycles. The average Bonchev–Trinajstić information content (AvgIpc) is 3.16. The number of carbonyl (C=O) groups is 1. The number of sulfonamides is 1. The van der Waals surface area contributed by atoms with Crippen LogP contribution < -0.4 is 4.74 Å². The highest BCUT2D eigenvalue weighted by molar-refractivity contribution is 7.89. The molecule has 7 nitrogen and oxygen atoms in total. The van der Waals surface area contributed by atoms with Crippen molar-refractivity contribution in [2.24, 2.45) is 0 Å². The highest BCUT2D eigenvalue weighted by Gasteiger charge is 2.30. The number of hydrogen-bond acceptors (Lipinski definition) is 5. The van der Waals surface area contributed by atoms with Crippen molar-refractivity contribution >= 4 is 26.9 Å². The van der Waals surface area contributed by atoms with Gasteiger partial charge in [0.15, 0.2) is 0 Å². The van der Waals surface area contributed by atoms with Gasteiger partial charge in [-0.3, -0.25) is 4.79 Å². The van der Waals surface area contributed by atoms with Crippen LogP contribution in [-0.2, 0) is 21.2 Å². The molecule has 0 spiro atoms. The van der Waals surface area contributed by atoms with E-state index in [0.29, 0.717) is 24.4 Å². The summed E-state index contributed by atoms with van der Waals surface area (Å²) in [6.45, 7) is 3.22. The van der Waals surface area contributed by atoms with Gasteiger partial charge in [0.1, 0.15) is 11.3 Å². The molecule has 0 N–H and O–H groups in total. The second-order valence-corrected chi connectivity index (χ2v) is 9.34. The second-order valence-electron chi connectivity index (χ2n) is 7.40. The third-order valence-corrected chi connectivity index (χ3v) is 7.37. The maximum absolute atomic E-state index is 12.8. The Hall–Kier alpha value is -2.84. The van der Waals surface area contributed by atoms with Crippen LogP contribution in [0.25, 0.3) is 11.0 Å². The number of methoxy groups -OCH3 is 1. The minimum atomic E-state index is -3.54. The fraction of sp³-hybridized carbons (Fsp3) is 0.318. The summed E-state index contributed by atoms with van der Waals surface area (Å²) in [5.74, 6) is 0.654. The van der Waals surface area contributed by atoms with E-state index in [0.717, 1.165) is 16.5 Å². The van der Waals surface area contributed by atoms with Crippen molar-refractivity contribution < 1.29 is 22.4 Å². The predicted octanol–water partition coefficient (Wildman–Crippen LogP) is 2.83. The van der Waals surface area contributed by atoms with Crippen LogP contribution in [0.1, 0.15) is 11.1 Å². The molecule has 3 aromatic rings. The van der Waals surface area contributed by atoms with E-state index in [-0.39, 0.29) is 30.3 Å². The van der Waals surface area contributed by atoms with E-state index >= 15 is 0 Å². The van der Waals surface area contributed by atoms with Crippen molar-refractivity contribution in [3.8, 4) is 5.75 Å². The largest absolute Gasteiger partial charge is 0.497 e. The molecule has 0 saturated carbocycles. The quantitative estimate of drug-likeness (QED) is 0.624. The number of nitrogens with zero attached hydrogens (tertiary/aromatic N) is 2. The molecule has 8 heteroatoms. The van der Waals surface area contributed by atoms with E-state index in [2.05, 4.69) is 0 Å². The topological polar surface area (TPSA) is 80.1 Å². The summed E-state index contributed by atoms with van der Waals surface area (Å²) in [4.78, 5) is 14.8. The number of rotatable bonds is 5. The Morgan fingerprint density at radius 2 is 1.77 bits per heavy atom. The lowest BCUT2D eigenvalue weighted by atomic mass is 10.1. The number of piperazine rings is 1. The highest BCUT2D eigenvalue weighted by atomic mass is 32.2. The summed E-state index contributed by atoms with van der Waals surface area (Å²) in [7, 11) is -1.95. The van der Waals surface area contributed by atoms with E-state index in [1.54, 1.807) is 48.6 Å². The summed E-state index contributed by atoms with van der Waals surface area (Å²) in [5.41, 5.74) is 2.49. The maximum atomic E-state index is 12.8. The van der Waals surface area contributed by atoms with Crippen molar-refractivity contribution in [2.45, 2.75) is 18.2 Å². The number of furan rings is 1. The Kier molecular flexibility index (Phi) is 5.53. The lowest BCUT2D eigenvalue weighted by molar-refractivity contribution is -0.131. The molecule has 0 bridgehead atoms. The number of amides is 1. The highest BCUT2D eigenvalue weighted by Crippen LogP contribution is 2.26. The van der Waals surface area contributed by atoms with Crippen molar-refractivity contribution in [1.29, 1.82) is 0 Å². The first-order valence-corrected chi connectivity index (χ1v) is 11.2. The molecule has 1 saturated heterocycles. The van der Waals surface area contributed by atoms with Crippen molar-refractivity contribution in [2.75, 3.05) is 33.3 Å². The number of fused-ring (bicyclic) bond motifs is 1. The van der Waals surface area contributed by atoms with Gasteiger partial charge in [-0.25, -0.2) is 8.42 Å². The van der Waals surface area contributed by atoms with Crippen LogP contribution >= 0.6 is 0 Å². The monoisotopic (exact) mass is 428 g/mol. The number of ether oxygens (including phenoxy) is 1. The smallest absolute Gasteiger partial charge is 0.243 e. The number of carbonyl (C=O) groups excluding carboxylic acids is 1. The first-order valence-electron chi connectivity index (χ1n) is 9.77. The minimum Gasteiger partial charge on any atom is -0.497 e. The molecule has 1 aromatic heterocycles. The Morgan fingerprint density at radius 3 is 2.43 bits per heavy atom. The summed E-state index contributed by atoms with van der Waals surface area (Å²) in [5, 5.41) is 0.879. The lowest BCUT2D eigenvalue weighted by Gasteiger charge is -2.34. The van der Waals surface area contributed by atoms with Crippen LogP contribution in [0.15, 0.2) is 58.0 Å².